The lowest BCUT2D eigenvalue weighted by atomic mass is 10.0. The highest BCUT2D eigenvalue weighted by molar-refractivity contribution is 5.60. The highest BCUT2D eigenvalue weighted by atomic mass is 16.7. The molecule has 5 nitrogen and oxygen atoms in total. The van der Waals surface area contributed by atoms with Crippen LogP contribution in [0, 0.1) is 0 Å². The third kappa shape index (κ3) is 43.1. The quantitative estimate of drug-likeness (QED) is 0.0351. The average Bonchev–Trinajstić information content (AvgIpc) is 3.17. The van der Waals surface area contributed by atoms with Gasteiger partial charge in [-0.2, -0.15) is 0 Å². The van der Waals surface area contributed by atoms with Gasteiger partial charge in [0.2, 0.25) is 0 Å². The Morgan fingerprint density at radius 2 is 0.855 bits per heavy atom. The molecule has 0 aliphatic rings. The number of nitrogens with zero attached hydrogens (tertiary/aromatic N) is 2. The number of carbonyl (C=O) groups excluding carboxylic acids is 1. The van der Waals surface area contributed by atoms with E-state index < -0.39 is 6.16 Å². The van der Waals surface area contributed by atoms with E-state index in [1.165, 1.54) is 154 Å². The molecule has 0 bridgehead atoms. The first kappa shape index (κ1) is 53.1. The summed E-state index contributed by atoms with van der Waals surface area (Å²) in [5.74, 6) is 0. The minimum atomic E-state index is -0.469. The van der Waals surface area contributed by atoms with Crippen molar-refractivity contribution in [2.24, 2.45) is 0 Å². The first-order valence-corrected chi connectivity index (χ1v) is 23.8. The van der Waals surface area contributed by atoms with Crippen molar-refractivity contribution >= 4 is 6.16 Å². The van der Waals surface area contributed by atoms with Gasteiger partial charge in [-0.25, -0.2) is 4.79 Å². The van der Waals surface area contributed by atoms with Gasteiger partial charge in [0, 0.05) is 19.6 Å². The first-order chi connectivity index (χ1) is 27.0. The molecule has 0 unspecified atom stereocenters. The van der Waals surface area contributed by atoms with Crippen molar-refractivity contribution < 1.29 is 14.3 Å². The summed E-state index contributed by atoms with van der Waals surface area (Å²) in [5.41, 5.74) is 0. The van der Waals surface area contributed by atoms with E-state index in [9.17, 15) is 4.79 Å². The SMILES string of the molecule is CCCCC/C=C\C/C=C\CCCCCCCCC(CCCCCCCC/C=C\C/C=C\CCCCC)OC(=O)OCCN(CCCCCC)CCN(C)C. The summed E-state index contributed by atoms with van der Waals surface area (Å²) in [5, 5.41) is 0. The number of hydrogen-bond donors (Lipinski definition) is 0. The Kier molecular flexibility index (Phi) is 43.4. The zero-order valence-corrected chi connectivity index (χ0v) is 37.6. The minimum Gasteiger partial charge on any atom is -0.433 e. The van der Waals surface area contributed by atoms with E-state index in [4.69, 9.17) is 9.47 Å². The molecule has 0 spiro atoms. The molecule has 0 aromatic carbocycles. The third-order valence-electron chi connectivity index (χ3n) is 10.5. The maximum atomic E-state index is 12.9. The molecular weight excluding hydrogens is 677 g/mol. The second-order valence-electron chi connectivity index (χ2n) is 16.3. The van der Waals surface area contributed by atoms with Crippen LogP contribution >= 0.6 is 0 Å². The van der Waals surface area contributed by atoms with Gasteiger partial charge < -0.3 is 14.4 Å². The number of ether oxygens (including phenoxy) is 2. The Labute approximate surface area is 344 Å². The zero-order chi connectivity index (χ0) is 40.1. The van der Waals surface area contributed by atoms with Crippen LogP contribution in [0.1, 0.15) is 213 Å². The molecule has 0 saturated carbocycles. The van der Waals surface area contributed by atoms with Crippen molar-refractivity contribution in [3.05, 3.63) is 48.6 Å². The van der Waals surface area contributed by atoms with E-state index in [0.29, 0.717) is 6.61 Å². The molecular formula is C50H94N2O3. The van der Waals surface area contributed by atoms with Crippen molar-refractivity contribution in [1.82, 2.24) is 9.80 Å². The van der Waals surface area contributed by atoms with Crippen LogP contribution in [0.25, 0.3) is 0 Å². The van der Waals surface area contributed by atoms with Crippen LogP contribution in [0.4, 0.5) is 4.79 Å². The van der Waals surface area contributed by atoms with E-state index in [0.717, 1.165) is 64.7 Å². The van der Waals surface area contributed by atoms with E-state index in [1.54, 1.807) is 0 Å². The molecule has 0 aliphatic carbocycles. The molecule has 0 atom stereocenters. The van der Waals surface area contributed by atoms with Crippen LogP contribution in [0.5, 0.6) is 0 Å². The number of hydrogen-bond acceptors (Lipinski definition) is 5. The molecule has 0 aliphatic heterocycles. The molecule has 0 amide bonds. The van der Waals surface area contributed by atoms with Gasteiger partial charge >= 0.3 is 6.16 Å². The van der Waals surface area contributed by atoms with Crippen LogP contribution in [0.3, 0.4) is 0 Å². The average molecular weight is 771 g/mol. The molecule has 322 valence electrons. The fourth-order valence-electron chi connectivity index (χ4n) is 6.85. The standard InChI is InChI=1S/C50H94N2O3/c1-6-9-12-15-17-19-21-23-25-27-29-31-33-35-37-39-42-49(43-40-38-36-34-32-30-28-26-24-22-20-18-16-13-10-7-2)55-50(53)54-48-47-52(46-45-51(4)5)44-41-14-11-8-3/h17-20,23-26,49H,6-16,21-22,27-48H2,1-5H3/b19-17-,20-18-,25-23-,26-24-. The molecule has 0 saturated heterocycles. The minimum absolute atomic E-state index is 0.0250. The fraction of sp³-hybridized carbons (Fsp3) is 0.820. The first-order valence-electron chi connectivity index (χ1n) is 23.8. The summed E-state index contributed by atoms with van der Waals surface area (Å²) in [4.78, 5) is 17.5. The number of rotatable bonds is 42. The fourth-order valence-corrected chi connectivity index (χ4v) is 6.85. The predicted octanol–water partition coefficient (Wildman–Crippen LogP) is 15.4. The van der Waals surface area contributed by atoms with Crippen molar-refractivity contribution in [2.75, 3.05) is 46.9 Å². The van der Waals surface area contributed by atoms with Gasteiger partial charge in [0.15, 0.2) is 0 Å². The molecule has 0 rings (SSSR count). The number of unbranched alkanes of at least 4 members (excludes halogenated alkanes) is 21. The van der Waals surface area contributed by atoms with Gasteiger partial charge in [0.05, 0.1) is 0 Å². The summed E-state index contributed by atoms with van der Waals surface area (Å²) >= 11 is 0. The highest BCUT2D eigenvalue weighted by Crippen LogP contribution is 2.18. The molecule has 0 N–H and O–H groups in total. The normalized spacial score (nSPS) is 12.4. The maximum Gasteiger partial charge on any atom is 0.508 e. The van der Waals surface area contributed by atoms with E-state index in [-0.39, 0.29) is 6.10 Å². The van der Waals surface area contributed by atoms with Crippen LogP contribution in [-0.4, -0.2) is 68.9 Å². The van der Waals surface area contributed by atoms with Crippen molar-refractivity contribution in [3.8, 4) is 0 Å². The Hall–Kier alpha value is -1.85. The molecule has 5 heteroatoms. The second kappa shape index (κ2) is 44.9. The summed E-state index contributed by atoms with van der Waals surface area (Å²) in [6.45, 7) is 11.0. The summed E-state index contributed by atoms with van der Waals surface area (Å²) in [7, 11) is 4.24. The lowest BCUT2D eigenvalue weighted by Gasteiger charge is -2.24. The number of likely N-dealkylation sites (N-methyl/N-ethyl adjacent to an activating group) is 1. The zero-order valence-electron chi connectivity index (χ0n) is 37.6. The Morgan fingerprint density at radius 1 is 0.455 bits per heavy atom. The summed E-state index contributed by atoms with van der Waals surface area (Å²) in [6, 6.07) is 0. The van der Waals surface area contributed by atoms with Gasteiger partial charge in [0.25, 0.3) is 0 Å². The van der Waals surface area contributed by atoms with Crippen LogP contribution in [0.15, 0.2) is 48.6 Å². The largest absolute Gasteiger partial charge is 0.508 e. The molecule has 0 aromatic rings. The Bertz CT molecular complexity index is 847. The lowest BCUT2D eigenvalue weighted by molar-refractivity contribution is 0.0117. The van der Waals surface area contributed by atoms with Crippen LogP contribution in [-0.2, 0) is 9.47 Å². The Balaban J connectivity index is 4.48. The van der Waals surface area contributed by atoms with Gasteiger partial charge in [-0.3, -0.25) is 4.90 Å². The van der Waals surface area contributed by atoms with Crippen molar-refractivity contribution in [1.29, 1.82) is 0 Å². The van der Waals surface area contributed by atoms with E-state index >= 15 is 0 Å². The number of carbonyl (C=O) groups is 1. The highest BCUT2D eigenvalue weighted by Gasteiger charge is 2.16. The smallest absolute Gasteiger partial charge is 0.433 e. The summed E-state index contributed by atoms with van der Waals surface area (Å²) in [6.07, 6.45) is 55.1. The van der Waals surface area contributed by atoms with Crippen LogP contribution in [0.2, 0.25) is 0 Å². The third-order valence-corrected chi connectivity index (χ3v) is 10.5. The second-order valence-corrected chi connectivity index (χ2v) is 16.3. The lowest BCUT2D eigenvalue weighted by Crippen LogP contribution is -2.35. The molecule has 0 radical (unpaired) electrons. The summed E-state index contributed by atoms with van der Waals surface area (Å²) < 4.78 is 11.6. The molecule has 55 heavy (non-hydrogen) atoms. The predicted molar refractivity (Wildman–Crippen MR) is 243 cm³/mol. The monoisotopic (exact) mass is 771 g/mol. The van der Waals surface area contributed by atoms with Gasteiger partial charge in [-0.15, -0.1) is 0 Å². The Morgan fingerprint density at radius 3 is 1.31 bits per heavy atom. The van der Waals surface area contributed by atoms with Crippen LogP contribution < -0.4 is 0 Å². The van der Waals surface area contributed by atoms with Crippen molar-refractivity contribution in [2.45, 2.75) is 219 Å². The van der Waals surface area contributed by atoms with E-state index in [1.807, 2.05) is 0 Å². The molecule has 0 heterocycles. The van der Waals surface area contributed by atoms with E-state index in [2.05, 4.69) is 93.3 Å². The molecule has 0 fully saturated rings. The van der Waals surface area contributed by atoms with Gasteiger partial charge in [-0.1, -0.05) is 166 Å². The van der Waals surface area contributed by atoms with Gasteiger partial charge in [0.1, 0.15) is 12.7 Å². The van der Waals surface area contributed by atoms with Crippen molar-refractivity contribution in [3.63, 3.8) is 0 Å². The number of allylic oxidation sites excluding steroid dienone is 8. The topological polar surface area (TPSA) is 42.0 Å². The van der Waals surface area contributed by atoms with Gasteiger partial charge in [-0.05, 0) is 117 Å². The molecule has 0 aromatic heterocycles. The maximum absolute atomic E-state index is 12.9.